The Morgan fingerprint density at radius 3 is 2.78 bits per heavy atom. The van der Waals surface area contributed by atoms with E-state index in [1.54, 1.807) is 0 Å². The van der Waals surface area contributed by atoms with Gasteiger partial charge in [-0.3, -0.25) is 0 Å². The van der Waals surface area contributed by atoms with Gasteiger partial charge in [0.25, 0.3) is 0 Å². The molecule has 2 aromatic rings. The average Bonchev–Trinajstić information content (AvgIpc) is 2.63. The molecule has 1 saturated heterocycles. The molecule has 1 aliphatic heterocycles. The van der Waals surface area contributed by atoms with Crippen molar-refractivity contribution >= 4 is 16.7 Å². The topological polar surface area (TPSA) is 19.4 Å². The van der Waals surface area contributed by atoms with Gasteiger partial charge in [0.1, 0.15) is 5.82 Å². The van der Waals surface area contributed by atoms with E-state index in [2.05, 4.69) is 53.2 Å². The lowest BCUT2D eigenvalue weighted by atomic mass is 10.2. The fraction of sp³-hybridized carbons (Fsp3) is 0.400. The summed E-state index contributed by atoms with van der Waals surface area (Å²) >= 11 is 0. The quantitative estimate of drug-likeness (QED) is 0.764. The van der Waals surface area contributed by atoms with Crippen LogP contribution in [0.15, 0.2) is 36.4 Å². The Morgan fingerprint density at radius 2 is 1.83 bits per heavy atom. The third kappa shape index (κ3) is 2.31. The summed E-state index contributed by atoms with van der Waals surface area (Å²) in [7, 11) is 2.19. The van der Waals surface area contributed by atoms with Crippen LogP contribution in [-0.2, 0) is 0 Å². The Hall–Kier alpha value is -1.61. The molecule has 0 radical (unpaired) electrons. The highest BCUT2D eigenvalue weighted by Gasteiger charge is 2.13. The second-order valence-corrected chi connectivity index (χ2v) is 5.01. The number of benzene rings is 1. The van der Waals surface area contributed by atoms with E-state index in [1.165, 1.54) is 18.4 Å². The predicted molar refractivity (Wildman–Crippen MR) is 76.1 cm³/mol. The summed E-state index contributed by atoms with van der Waals surface area (Å²) in [5.41, 5.74) is 1.09. The predicted octanol–water partition coefficient (Wildman–Crippen LogP) is 2.38. The van der Waals surface area contributed by atoms with E-state index in [9.17, 15) is 0 Å². The highest BCUT2D eigenvalue weighted by Crippen LogP contribution is 2.18. The van der Waals surface area contributed by atoms with Gasteiger partial charge >= 0.3 is 0 Å². The average molecular weight is 241 g/mol. The van der Waals surface area contributed by atoms with E-state index in [0.717, 1.165) is 31.0 Å². The maximum atomic E-state index is 4.77. The van der Waals surface area contributed by atoms with Gasteiger partial charge in [0, 0.05) is 25.0 Å². The van der Waals surface area contributed by atoms with Gasteiger partial charge in [0.2, 0.25) is 0 Å². The number of nitrogens with zero attached hydrogens (tertiary/aromatic N) is 3. The summed E-state index contributed by atoms with van der Waals surface area (Å²) in [4.78, 5) is 9.56. The number of para-hydroxylation sites is 1. The van der Waals surface area contributed by atoms with Crippen LogP contribution in [0.5, 0.6) is 0 Å². The molecule has 3 heteroatoms. The first-order valence-electron chi connectivity index (χ1n) is 6.62. The number of hydrogen-bond acceptors (Lipinski definition) is 3. The van der Waals surface area contributed by atoms with Crippen LogP contribution in [0.2, 0.25) is 0 Å². The molecule has 0 spiro atoms. The largest absolute Gasteiger partial charge is 0.355 e. The third-order valence-corrected chi connectivity index (χ3v) is 3.63. The number of hydrogen-bond donors (Lipinski definition) is 0. The Morgan fingerprint density at radius 1 is 0.944 bits per heavy atom. The first-order chi connectivity index (χ1) is 8.83. The van der Waals surface area contributed by atoms with Crippen molar-refractivity contribution in [2.75, 3.05) is 38.1 Å². The molecule has 1 aromatic carbocycles. The van der Waals surface area contributed by atoms with E-state index < -0.39 is 0 Å². The zero-order valence-electron chi connectivity index (χ0n) is 10.8. The van der Waals surface area contributed by atoms with Gasteiger partial charge in [-0.15, -0.1) is 0 Å². The molecule has 0 N–H and O–H groups in total. The molecule has 0 amide bonds. The van der Waals surface area contributed by atoms with Gasteiger partial charge in [-0.2, -0.15) is 0 Å². The zero-order valence-corrected chi connectivity index (χ0v) is 10.8. The van der Waals surface area contributed by atoms with Crippen molar-refractivity contribution in [1.29, 1.82) is 0 Å². The number of anilines is 1. The van der Waals surface area contributed by atoms with Crippen LogP contribution in [-0.4, -0.2) is 43.1 Å². The molecule has 1 aromatic heterocycles. The number of fused-ring (bicyclic) bond motifs is 1. The molecular weight excluding hydrogens is 222 g/mol. The molecule has 0 unspecified atom stereocenters. The van der Waals surface area contributed by atoms with Crippen molar-refractivity contribution < 1.29 is 0 Å². The normalized spacial score (nSPS) is 17.9. The van der Waals surface area contributed by atoms with Crippen LogP contribution in [0.1, 0.15) is 6.42 Å². The van der Waals surface area contributed by atoms with Gasteiger partial charge in [0.05, 0.1) is 5.52 Å². The SMILES string of the molecule is CN1CCCN(c2ccc3ccccc3n2)CC1. The lowest BCUT2D eigenvalue weighted by Crippen LogP contribution is -2.29. The van der Waals surface area contributed by atoms with Crippen LogP contribution in [0.4, 0.5) is 5.82 Å². The summed E-state index contributed by atoms with van der Waals surface area (Å²) in [6, 6.07) is 12.6. The molecular formula is C15H19N3. The first kappa shape index (κ1) is 11.5. The van der Waals surface area contributed by atoms with Gasteiger partial charge in [-0.05, 0) is 38.2 Å². The highest BCUT2D eigenvalue weighted by molar-refractivity contribution is 5.80. The molecule has 3 nitrogen and oxygen atoms in total. The Balaban J connectivity index is 1.89. The van der Waals surface area contributed by atoms with Gasteiger partial charge < -0.3 is 9.80 Å². The fourth-order valence-electron chi connectivity index (χ4n) is 2.51. The van der Waals surface area contributed by atoms with Crippen LogP contribution in [0, 0.1) is 0 Å². The highest BCUT2D eigenvalue weighted by atomic mass is 15.2. The summed E-state index contributed by atoms with van der Waals surface area (Å²) in [6.07, 6.45) is 1.21. The minimum absolute atomic E-state index is 1.07. The van der Waals surface area contributed by atoms with E-state index in [1.807, 2.05) is 0 Å². The number of likely N-dealkylation sites (N-methyl/N-ethyl adjacent to an activating group) is 1. The molecule has 0 aliphatic carbocycles. The van der Waals surface area contributed by atoms with Crippen LogP contribution < -0.4 is 4.90 Å². The van der Waals surface area contributed by atoms with E-state index in [4.69, 9.17) is 4.98 Å². The van der Waals surface area contributed by atoms with Crippen LogP contribution in [0.25, 0.3) is 10.9 Å². The summed E-state index contributed by atoms with van der Waals surface area (Å²) < 4.78 is 0. The molecule has 1 aliphatic rings. The Kier molecular flexibility index (Phi) is 3.15. The van der Waals surface area contributed by atoms with Crippen LogP contribution in [0.3, 0.4) is 0 Å². The van der Waals surface area contributed by atoms with E-state index in [-0.39, 0.29) is 0 Å². The molecule has 3 rings (SSSR count). The molecule has 0 saturated carbocycles. The first-order valence-corrected chi connectivity index (χ1v) is 6.62. The molecule has 0 atom stereocenters. The van der Waals surface area contributed by atoms with Gasteiger partial charge in [-0.1, -0.05) is 18.2 Å². The van der Waals surface area contributed by atoms with Crippen molar-refractivity contribution in [3.63, 3.8) is 0 Å². The molecule has 94 valence electrons. The summed E-state index contributed by atoms with van der Waals surface area (Å²) in [6.45, 7) is 4.48. The van der Waals surface area contributed by atoms with Crippen molar-refractivity contribution in [3.05, 3.63) is 36.4 Å². The minimum atomic E-state index is 1.07. The standard InChI is InChI=1S/C15H19N3/c1-17-9-4-10-18(12-11-17)15-8-7-13-5-2-3-6-14(13)16-15/h2-3,5-8H,4,9-12H2,1H3. The second-order valence-electron chi connectivity index (χ2n) is 5.01. The second kappa shape index (κ2) is 4.94. The van der Waals surface area contributed by atoms with Crippen molar-refractivity contribution in [2.45, 2.75) is 6.42 Å². The molecule has 18 heavy (non-hydrogen) atoms. The third-order valence-electron chi connectivity index (χ3n) is 3.63. The molecule has 0 bridgehead atoms. The van der Waals surface area contributed by atoms with E-state index >= 15 is 0 Å². The monoisotopic (exact) mass is 241 g/mol. The summed E-state index contributed by atoms with van der Waals surface area (Å²) in [5.74, 6) is 1.11. The van der Waals surface area contributed by atoms with Crippen molar-refractivity contribution in [2.24, 2.45) is 0 Å². The van der Waals surface area contributed by atoms with Crippen molar-refractivity contribution in [3.8, 4) is 0 Å². The van der Waals surface area contributed by atoms with E-state index in [0.29, 0.717) is 0 Å². The minimum Gasteiger partial charge on any atom is -0.355 e. The fourth-order valence-corrected chi connectivity index (χ4v) is 2.51. The van der Waals surface area contributed by atoms with Gasteiger partial charge in [0.15, 0.2) is 0 Å². The Bertz CT molecular complexity index is 538. The Labute approximate surface area is 108 Å². The maximum absolute atomic E-state index is 4.77. The van der Waals surface area contributed by atoms with Crippen LogP contribution >= 0.6 is 0 Å². The maximum Gasteiger partial charge on any atom is 0.129 e. The smallest absolute Gasteiger partial charge is 0.129 e. The molecule has 1 fully saturated rings. The molecule has 2 heterocycles. The summed E-state index contributed by atoms with van der Waals surface area (Å²) in [5, 5.41) is 1.22. The van der Waals surface area contributed by atoms with Crippen molar-refractivity contribution in [1.82, 2.24) is 9.88 Å². The lowest BCUT2D eigenvalue weighted by Gasteiger charge is -2.21. The lowest BCUT2D eigenvalue weighted by molar-refractivity contribution is 0.360. The number of pyridine rings is 1. The number of aromatic nitrogens is 1. The zero-order chi connectivity index (χ0) is 12.4. The number of rotatable bonds is 1. The van der Waals surface area contributed by atoms with Gasteiger partial charge in [-0.25, -0.2) is 4.98 Å².